The van der Waals surface area contributed by atoms with Gasteiger partial charge in [0.05, 0.1) is 19.0 Å². The number of esters is 1. The summed E-state index contributed by atoms with van der Waals surface area (Å²) in [7, 11) is -1.64. The Balaban J connectivity index is 1.56. The Labute approximate surface area is 231 Å². The van der Waals surface area contributed by atoms with E-state index in [-0.39, 0.29) is 24.3 Å². The molecule has 1 fully saturated rings. The second kappa shape index (κ2) is 11.7. The average molecular weight is 580 g/mol. The molecule has 0 aliphatic carbocycles. The highest BCUT2D eigenvalue weighted by Crippen LogP contribution is 2.47. The number of aliphatic hydroxyl groups excluding tert-OH is 1. The largest absolute Gasteiger partial charge is 0.462 e. The first-order valence-electron chi connectivity index (χ1n) is 12.7. The first kappa shape index (κ1) is 29.7. The number of hydrogen-bond acceptors (Lipinski definition) is 12. The van der Waals surface area contributed by atoms with Crippen LogP contribution in [0.1, 0.15) is 33.9 Å². The van der Waals surface area contributed by atoms with Gasteiger partial charge in [0.2, 0.25) is 13.4 Å². The van der Waals surface area contributed by atoms with Crippen LogP contribution in [0.3, 0.4) is 0 Å². The van der Waals surface area contributed by atoms with E-state index in [4.69, 9.17) is 24.3 Å². The molecule has 1 unspecified atom stereocenters. The molecule has 218 valence electrons. The van der Waals surface area contributed by atoms with Gasteiger partial charge in [0, 0.05) is 7.05 Å². The molecule has 3 heterocycles. The number of nitrogens with zero attached hydrogens (tertiary/aromatic N) is 4. The molecule has 6 atom stereocenters. The fourth-order valence-corrected chi connectivity index (χ4v) is 5.97. The molecule has 0 amide bonds. The molecule has 1 saturated heterocycles. The summed E-state index contributed by atoms with van der Waals surface area (Å²) in [6.07, 6.45) is 1.05. The molecule has 15 heteroatoms. The number of rotatable bonds is 11. The van der Waals surface area contributed by atoms with Crippen molar-refractivity contribution in [3.63, 3.8) is 0 Å². The maximum atomic E-state index is 16.0. The van der Waals surface area contributed by atoms with Crippen LogP contribution >= 0.6 is 7.49 Å². The summed E-state index contributed by atoms with van der Waals surface area (Å²) in [5, 5.41) is 16.8. The van der Waals surface area contributed by atoms with Gasteiger partial charge in [-0.1, -0.05) is 18.2 Å². The lowest BCUT2D eigenvalue weighted by Crippen LogP contribution is -2.41. The summed E-state index contributed by atoms with van der Waals surface area (Å²) in [6, 6.07) is 7.92. The number of ether oxygens (including phenoxy) is 2. The first-order valence-corrected chi connectivity index (χ1v) is 14.5. The Kier molecular flexibility index (Phi) is 8.66. The highest BCUT2D eigenvalue weighted by atomic mass is 31.2. The smallest absolute Gasteiger partial charge is 0.323 e. The van der Waals surface area contributed by atoms with E-state index in [1.165, 1.54) is 17.8 Å². The van der Waals surface area contributed by atoms with Crippen molar-refractivity contribution in [2.45, 2.75) is 63.9 Å². The van der Waals surface area contributed by atoms with Gasteiger partial charge >= 0.3 is 5.97 Å². The minimum absolute atomic E-state index is 0.0431. The number of carbonyl (C=O) groups excluding carboxylic acids is 1. The van der Waals surface area contributed by atoms with Crippen molar-refractivity contribution in [3.8, 4) is 5.75 Å². The molecule has 13 nitrogen and oxygen atoms in total. The van der Waals surface area contributed by atoms with Gasteiger partial charge in [-0.15, -0.1) is 0 Å². The SMILES string of the molecule is C=P(N[C@@H](C)C(=O)OC(C)C)(OC[C@H]1O[C@@H](n2cnc3c(NC)nc(N)nc32)[C@](C)(F)[C@@H]1O)Oc1ccccc1. The number of nitrogen functional groups attached to an aromatic ring is 1. The number of aromatic nitrogens is 4. The zero-order valence-corrected chi connectivity index (χ0v) is 23.8. The van der Waals surface area contributed by atoms with Crippen LogP contribution in [0.15, 0.2) is 36.7 Å². The van der Waals surface area contributed by atoms with Crippen LogP contribution in [-0.4, -0.2) is 80.6 Å². The molecule has 1 aliphatic rings. The number of benzene rings is 1. The van der Waals surface area contributed by atoms with Crippen LogP contribution in [0.5, 0.6) is 5.75 Å². The van der Waals surface area contributed by atoms with Crippen LogP contribution in [0.25, 0.3) is 11.2 Å². The highest BCUT2D eigenvalue weighted by molar-refractivity contribution is 7.62. The van der Waals surface area contributed by atoms with Crippen molar-refractivity contribution in [3.05, 3.63) is 36.7 Å². The summed E-state index contributed by atoms with van der Waals surface area (Å²) in [6.45, 7) is 5.97. The van der Waals surface area contributed by atoms with Crippen LogP contribution in [0, 0.1) is 0 Å². The second-order valence-electron chi connectivity index (χ2n) is 9.84. The van der Waals surface area contributed by atoms with E-state index in [0.717, 1.165) is 0 Å². The standard InChI is InChI=1S/C25H35FN7O6P/c1-14(2)37-22(35)15(3)32-40(6,39-16-10-8-7-9-11-16)36-12-17-19(34)25(4,26)23(38-17)33-13-29-18-20(28-5)30-24(27)31-21(18)33/h7-11,13-15,17,19,23,32,34H,6,12H2,1-5H3,(H3,27,28,30,31)/t15-,17+,19+,23+,25+,40?/m0/s1. The van der Waals surface area contributed by atoms with E-state index < -0.39 is 43.6 Å². The van der Waals surface area contributed by atoms with Gasteiger partial charge in [-0.2, -0.15) is 9.97 Å². The number of hydrogen-bond donors (Lipinski definition) is 4. The molecule has 1 aromatic carbocycles. The maximum Gasteiger partial charge on any atom is 0.323 e. The van der Waals surface area contributed by atoms with Crippen molar-refractivity contribution in [2.75, 3.05) is 24.7 Å². The average Bonchev–Trinajstić information content (AvgIpc) is 3.40. The van der Waals surface area contributed by atoms with Crippen LogP contribution in [0.2, 0.25) is 0 Å². The zero-order chi connectivity index (χ0) is 29.2. The lowest BCUT2D eigenvalue weighted by Gasteiger charge is -2.30. The summed E-state index contributed by atoms with van der Waals surface area (Å²) < 4.78 is 40.7. The number of nitrogens with two attached hydrogens (primary N) is 1. The number of alkyl halides is 1. The molecule has 0 bridgehead atoms. The van der Waals surface area contributed by atoms with Crippen molar-refractivity contribution in [2.24, 2.45) is 0 Å². The van der Waals surface area contributed by atoms with Crippen molar-refractivity contribution >= 4 is 42.7 Å². The van der Waals surface area contributed by atoms with E-state index in [0.29, 0.717) is 17.1 Å². The normalized spacial score (nSPS) is 25.1. The predicted molar refractivity (Wildman–Crippen MR) is 150 cm³/mol. The number of imidazole rings is 1. The Hall–Kier alpha value is -3.29. The second-order valence-corrected chi connectivity index (χ2v) is 11.9. The highest BCUT2D eigenvalue weighted by Gasteiger charge is 2.55. The lowest BCUT2D eigenvalue weighted by molar-refractivity contribution is -0.149. The Morgan fingerprint density at radius 2 is 2.02 bits per heavy atom. The quantitative estimate of drug-likeness (QED) is 0.194. The van der Waals surface area contributed by atoms with Crippen LogP contribution in [-0.2, 0) is 18.8 Å². The summed E-state index contributed by atoms with van der Waals surface area (Å²) in [4.78, 5) is 25.0. The third-order valence-electron chi connectivity index (χ3n) is 6.18. The Morgan fingerprint density at radius 3 is 2.67 bits per heavy atom. The lowest BCUT2D eigenvalue weighted by atomic mass is 9.98. The zero-order valence-electron chi connectivity index (χ0n) is 22.9. The fourth-order valence-electron chi connectivity index (χ4n) is 4.25. The van der Waals surface area contributed by atoms with Gasteiger partial charge in [0.25, 0.3) is 0 Å². The van der Waals surface area contributed by atoms with Gasteiger partial charge in [-0.25, -0.2) is 14.5 Å². The topological polar surface area (TPSA) is 168 Å². The fraction of sp³-hybridized carbons (Fsp3) is 0.480. The number of fused-ring (bicyclic) bond motifs is 1. The van der Waals surface area contributed by atoms with E-state index in [9.17, 15) is 9.90 Å². The molecule has 0 radical (unpaired) electrons. The van der Waals surface area contributed by atoms with Crippen molar-refractivity contribution < 1.29 is 32.8 Å². The monoisotopic (exact) mass is 579 g/mol. The first-order chi connectivity index (χ1) is 18.8. The Morgan fingerprint density at radius 1 is 1.32 bits per heavy atom. The molecule has 3 aromatic rings. The molecule has 2 aromatic heterocycles. The number of para-hydroxylation sites is 1. The van der Waals surface area contributed by atoms with E-state index >= 15 is 4.39 Å². The van der Waals surface area contributed by atoms with Gasteiger partial charge < -0.3 is 34.7 Å². The van der Waals surface area contributed by atoms with Crippen LogP contribution < -0.4 is 20.7 Å². The maximum absolute atomic E-state index is 16.0. The number of carbonyl (C=O) groups is 1. The molecule has 4 rings (SSSR count). The van der Waals surface area contributed by atoms with Gasteiger partial charge in [0.15, 0.2) is 28.9 Å². The molecule has 5 N–H and O–H groups in total. The molecule has 0 spiro atoms. The summed E-state index contributed by atoms with van der Waals surface area (Å²) >= 11 is 0. The molecule has 1 aliphatic heterocycles. The van der Waals surface area contributed by atoms with Crippen molar-refractivity contribution in [1.82, 2.24) is 24.6 Å². The molecule has 0 saturated carbocycles. The van der Waals surface area contributed by atoms with Gasteiger partial charge in [-0.3, -0.25) is 9.36 Å². The summed E-state index contributed by atoms with van der Waals surface area (Å²) in [5.41, 5.74) is 4.14. The van der Waals surface area contributed by atoms with Gasteiger partial charge in [-0.05, 0) is 46.1 Å². The summed E-state index contributed by atoms with van der Waals surface area (Å²) in [5.74, 6) is 0.233. The van der Waals surface area contributed by atoms with E-state index in [1.54, 1.807) is 52.1 Å². The number of aliphatic hydroxyl groups is 1. The van der Waals surface area contributed by atoms with E-state index in [2.05, 4.69) is 31.7 Å². The van der Waals surface area contributed by atoms with E-state index in [1.807, 2.05) is 6.07 Å². The predicted octanol–water partition coefficient (Wildman–Crippen LogP) is 2.66. The molecule has 40 heavy (non-hydrogen) atoms. The molecular weight excluding hydrogens is 544 g/mol. The third kappa shape index (κ3) is 6.21. The number of halogens is 1. The number of anilines is 2. The van der Waals surface area contributed by atoms with Crippen molar-refractivity contribution in [1.29, 1.82) is 0 Å². The van der Waals surface area contributed by atoms with Crippen LogP contribution in [0.4, 0.5) is 16.2 Å². The minimum Gasteiger partial charge on any atom is -0.462 e. The Bertz CT molecular complexity index is 1390. The number of nitrogens with one attached hydrogen (secondary N) is 2. The minimum atomic E-state index is -3.28. The molecular formula is C25H35FN7O6P. The third-order valence-corrected chi connectivity index (χ3v) is 8.04. The van der Waals surface area contributed by atoms with Gasteiger partial charge in [0.1, 0.15) is 24.0 Å².